The number of carbonyl (C=O) groups is 1. The highest BCUT2D eigenvalue weighted by atomic mass is 16.5. The summed E-state index contributed by atoms with van der Waals surface area (Å²) in [6.45, 7) is 11.4. The van der Waals surface area contributed by atoms with Gasteiger partial charge < -0.3 is 4.74 Å². The fourth-order valence-corrected chi connectivity index (χ4v) is 5.85. The number of esters is 1. The van der Waals surface area contributed by atoms with Gasteiger partial charge in [0.25, 0.3) is 0 Å². The maximum atomic E-state index is 13.0. The molecule has 0 saturated carbocycles. The second-order valence-corrected chi connectivity index (χ2v) is 12.8. The molecular formula is C36H54O2. The third kappa shape index (κ3) is 8.99. The average Bonchev–Trinajstić information content (AvgIpc) is 3.23. The van der Waals surface area contributed by atoms with E-state index in [0.29, 0.717) is 5.92 Å². The highest BCUT2D eigenvalue weighted by Crippen LogP contribution is 2.46. The van der Waals surface area contributed by atoms with Gasteiger partial charge in [-0.25, -0.2) is 0 Å². The van der Waals surface area contributed by atoms with Gasteiger partial charge in [0.15, 0.2) is 0 Å². The molecule has 2 aromatic carbocycles. The van der Waals surface area contributed by atoms with Gasteiger partial charge in [-0.1, -0.05) is 167 Å². The zero-order valence-electron chi connectivity index (χ0n) is 25.1. The van der Waals surface area contributed by atoms with Gasteiger partial charge >= 0.3 is 5.97 Å². The lowest BCUT2D eigenvalue weighted by atomic mass is 9.80. The van der Waals surface area contributed by atoms with E-state index in [1.165, 1.54) is 101 Å². The van der Waals surface area contributed by atoms with E-state index in [1.807, 2.05) is 30.3 Å². The lowest BCUT2D eigenvalue weighted by molar-refractivity contribution is -0.133. The summed E-state index contributed by atoms with van der Waals surface area (Å²) in [5.74, 6) is 0.753. The molecule has 38 heavy (non-hydrogen) atoms. The van der Waals surface area contributed by atoms with Gasteiger partial charge in [0.1, 0.15) is 11.7 Å². The molecule has 0 saturated heterocycles. The molecule has 0 fully saturated rings. The first-order chi connectivity index (χ1) is 18.3. The number of benzene rings is 2. The standard InChI is InChI=1S/C36H54O2/c1-6-7-8-9-10-11-12-13-14-15-16-17-18-20-23-28(2)31-26-30(36(3,4)5)27-32-33(35(37)38-34(31)32)29-24-21-19-22-25-29/h19,21-22,24-28,33H,6-18,20,23H2,1-5H3. The van der Waals surface area contributed by atoms with Crippen LogP contribution in [0.4, 0.5) is 0 Å². The maximum Gasteiger partial charge on any atom is 0.323 e. The summed E-state index contributed by atoms with van der Waals surface area (Å²) < 4.78 is 5.98. The first-order valence-electron chi connectivity index (χ1n) is 15.8. The summed E-state index contributed by atoms with van der Waals surface area (Å²) in [6.07, 6.45) is 20.5. The van der Waals surface area contributed by atoms with Crippen molar-refractivity contribution in [2.45, 2.75) is 148 Å². The molecule has 210 valence electrons. The minimum absolute atomic E-state index is 0.0193. The van der Waals surface area contributed by atoms with Gasteiger partial charge in [0.2, 0.25) is 0 Å². The van der Waals surface area contributed by atoms with Crippen LogP contribution in [0.15, 0.2) is 42.5 Å². The van der Waals surface area contributed by atoms with Gasteiger partial charge in [-0.3, -0.25) is 4.79 Å². The first-order valence-corrected chi connectivity index (χ1v) is 15.8. The van der Waals surface area contributed by atoms with Crippen LogP contribution in [0.2, 0.25) is 0 Å². The maximum absolute atomic E-state index is 13.0. The Morgan fingerprint density at radius 3 is 1.82 bits per heavy atom. The Morgan fingerprint density at radius 1 is 0.763 bits per heavy atom. The fraction of sp³-hybridized carbons (Fsp3) is 0.639. The van der Waals surface area contributed by atoms with Crippen LogP contribution in [-0.2, 0) is 10.2 Å². The van der Waals surface area contributed by atoms with Crippen molar-refractivity contribution in [2.75, 3.05) is 0 Å². The second-order valence-electron chi connectivity index (χ2n) is 12.8. The van der Waals surface area contributed by atoms with E-state index in [1.54, 1.807) is 0 Å². The Hall–Kier alpha value is -2.09. The molecule has 0 bridgehead atoms. The van der Waals surface area contributed by atoms with Gasteiger partial charge in [0, 0.05) is 5.56 Å². The number of rotatable bonds is 17. The van der Waals surface area contributed by atoms with Crippen LogP contribution in [0.3, 0.4) is 0 Å². The zero-order valence-corrected chi connectivity index (χ0v) is 25.1. The summed E-state index contributed by atoms with van der Waals surface area (Å²) in [7, 11) is 0. The zero-order chi connectivity index (χ0) is 27.4. The van der Waals surface area contributed by atoms with E-state index in [0.717, 1.165) is 23.3 Å². The molecule has 0 amide bonds. The van der Waals surface area contributed by atoms with Crippen LogP contribution in [0, 0.1) is 0 Å². The molecule has 2 unspecified atom stereocenters. The van der Waals surface area contributed by atoms with Crippen LogP contribution in [-0.4, -0.2) is 5.97 Å². The van der Waals surface area contributed by atoms with E-state index >= 15 is 0 Å². The van der Waals surface area contributed by atoms with E-state index in [9.17, 15) is 4.79 Å². The SMILES string of the molecule is CCCCCCCCCCCCCCCCC(C)c1cc(C(C)(C)C)cc2c1OC(=O)C2c1ccccc1. The van der Waals surface area contributed by atoms with Crippen molar-refractivity contribution < 1.29 is 9.53 Å². The average molecular weight is 519 g/mol. The molecule has 2 aromatic rings. The van der Waals surface area contributed by atoms with E-state index in [4.69, 9.17) is 4.74 Å². The predicted molar refractivity (Wildman–Crippen MR) is 162 cm³/mol. The van der Waals surface area contributed by atoms with Crippen LogP contribution in [0.1, 0.15) is 165 Å². The lowest BCUT2D eigenvalue weighted by Crippen LogP contribution is -2.13. The van der Waals surface area contributed by atoms with Crippen molar-refractivity contribution in [3.63, 3.8) is 0 Å². The Balaban J connectivity index is 1.47. The number of ether oxygens (including phenoxy) is 1. The number of unbranched alkanes of at least 4 members (excludes halogenated alkanes) is 13. The van der Waals surface area contributed by atoms with Crippen LogP contribution in [0.25, 0.3) is 0 Å². The molecule has 1 aliphatic rings. The summed E-state index contributed by atoms with van der Waals surface area (Å²) >= 11 is 0. The summed E-state index contributed by atoms with van der Waals surface area (Å²) in [4.78, 5) is 13.0. The quantitative estimate of drug-likeness (QED) is 0.118. The Morgan fingerprint density at radius 2 is 1.29 bits per heavy atom. The van der Waals surface area contributed by atoms with Crippen molar-refractivity contribution >= 4 is 5.97 Å². The fourth-order valence-electron chi connectivity index (χ4n) is 5.85. The third-order valence-electron chi connectivity index (χ3n) is 8.42. The highest BCUT2D eigenvalue weighted by molar-refractivity contribution is 5.90. The van der Waals surface area contributed by atoms with Gasteiger partial charge in [-0.2, -0.15) is 0 Å². The minimum atomic E-state index is -0.319. The van der Waals surface area contributed by atoms with Gasteiger partial charge in [0.05, 0.1) is 0 Å². The molecule has 0 aromatic heterocycles. The number of fused-ring (bicyclic) bond motifs is 1. The van der Waals surface area contributed by atoms with Gasteiger partial charge in [-0.05, 0) is 34.4 Å². The largest absolute Gasteiger partial charge is 0.425 e. The third-order valence-corrected chi connectivity index (χ3v) is 8.42. The van der Waals surface area contributed by atoms with Crippen molar-refractivity contribution in [1.29, 1.82) is 0 Å². The number of hydrogen-bond acceptors (Lipinski definition) is 2. The summed E-state index contributed by atoms with van der Waals surface area (Å²) in [6, 6.07) is 14.6. The highest BCUT2D eigenvalue weighted by Gasteiger charge is 2.38. The molecule has 3 rings (SSSR count). The predicted octanol–water partition coefficient (Wildman–Crippen LogP) is 11.0. The molecule has 0 radical (unpaired) electrons. The van der Waals surface area contributed by atoms with Gasteiger partial charge in [-0.15, -0.1) is 0 Å². The lowest BCUT2D eigenvalue weighted by Gasteiger charge is -2.24. The molecule has 0 N–H and O–H groups in total. The number of hydrogen-bond donors (Lipinski definition) is 0. The van der Waals surface area contributed by atoms with Crippen LogP contribution >= 0.6 is 0 Å². The number of carbonyl (C=O) groups excluding carboxylic acids is 1. The van der Waals surface area contributed by atoms with Crippen molar-refractivity contribution in [1.82, 2.24) is 0 Å². The smallest absolute Gasteiger partial charge is 0.323 e. The summed E-state index contributed by atoms with van der Waals surface area (Å²) in [5.41, 5.74) is 4.60. The first kappa shape index (κ1) is 30.5. The van der Waals surface area contributed by atoms with Crippen molar-refractivity contribution in [3.8, 4) is 5.75 Å². The van der Waals surface area contributed by atoms with Crippen LogP contribution < -0.4 is 4.74 Å². The van der Waals surface area contributed by atoms with Crippen molar-refractivity contribution in [3.05, 3.63) is 64.7 Å². The molecular weight excluding hydrogens is 464 g/mol. The molecule has 2 atom stereocenters. The second kappa shape index (κ2) is 15.5. The van der Waals surface area contributed by atoms with Crippen LogP contribution in [0.5, 0.6) is 5.75 Å². The molecule has 1 aliphatic heterocycles. The molecule has 0 spiro atoms. The van der Waals surface area contributed by atoms with E-state index in [-0.39, 0.29) is 17.3 Å². The Bertz CT molecular complexity index is 969. The Labute approximate surface area is 234 Å². The monoisotopic (exact) mass is 518 g/mol. The molecule has 2 nitrogen and oxygen atoms in total. The normalized spacial score (nSPS) is 15.9. The van der Waals surface area contributed by atoms with E-state index < -0.39 is 0 Å². The summed E-state index contributed by atoms with van der Waals surface area (Å²) in [5, 5.41) is 0. The van der Waals surface area contributed by atoms with E-state index in [2.05, 4.69) is 46.8 Å². The molecule has 0 aliphatic carbocycles. The minimum Gasteiger partial charge on any atom is -0.425 e. The molecule has 2 heteroatoms. The Kier molecular flexibility index (Phi) is 12.4. The topological polar surface area (TPSA) is 26.3 Å². The van der Waals surface area contributed by atoms with Crippen molar-refractivity contribution in [2.24, 2.45) is 0 Å². The molecule has 1 heterocycles.